The van der Waals surface area contributed by atoms with E-state index in [0.717, 1.165) is 0 Å². The molecule has 0 bridgehead atoms. The number of hydrogen-bond acceptors (Lipinski definition) is 3. The Morgan fingerprint density at radius 1 is 1.33 bits per heavy atom. The predicted molar refractivity (Wildman–Crippen MR) is 77.1 cm³/mol. The van der Waals surface area contributed by atoms with Crippen LogP contribution in [0, 0.1) is 5.41 Å². The third-order valence-electron chi connectivity index (χ3n) is 3.16. The quantitative estimate of drug-likeness (QED) is 0.879. The minimum Gasteiger partial charge on any atom is -0.435 e. The maximum Gasteiger partial charge on any atom is 0.387 e. The van der Waals surface area contributed by atoms with Gasteiger partial charge in [0.1, 0.15) is 5.75 Å². The molecule has 0 aliphatic heterocycles. The van der Waals surface area contributed by atoms with Crippen LogP contribution in [0.2, 0.25) is 0 Å². The molecule has 2 unspecified atom stereocenters. The minimum absolute atomic E-state index is 0.0590. The lowest BCUT2D eigenvalue weighted by molar-refractivity contribution is -0.125. The summed E-state index contributed by atoms with van der Waals surface area (Å²) in [5.41, 5.74) is 6.19. The number of benzene rings is 1. The first-order valence-electron chi connectivity index (χ1n) is 6.72. The van der Waals surface area contributed by atoms with Crippen molar-refractivity contribution in [2.75, 3.05) is 0 Å². The van der Waals surface area contributed by atoms with E-state index >= 15 is 0 Å². The molecule has 1 aromatic rings. The van der Waals surface area contributed by atoms with Gasteiger partial charge in [-0.15, -0.1) is 0 Å². The fourth-order valence-corrected chi connectivity index (χ4v) is 1.74. The van der Waals surface area contributed by atoms with Crippen molar-refractivity contribution in [3.05, 3.63) is 29.8 Å². The predicted octanol–water partition coefficient (Wildman–Crippen LogP) is 2.84. The normalized spacial score (nSPS) is 14.7. The Labute approximate surface area is 123 Å². The molecule has 6 heteroatoms. The number of nitrogens with one attached hydrogen (secondary N) is 1. The first-order chi connectivity index (χ1) is 9.61. The van der Waals surface area contributed by atoms with E-state index in [1.165, 1.54) is 12.1 Å². The maximum atomic E-state index is 12.2. The van der Waals surface area contributed by atoms with Gasteiger partial charge in [0, 0.05) is 0 Å². The molecule has 0 aromatic heterocycles. The van der Waals surface area contributed by atoms with E-state index in [1.54, 1.807) is 19.1 Å². The summed E-state index contributed by atoms with van der Waals surface area (Å²) in [7, 11) is 0. The summed E-state index contributed by atoms with van der Waals surface area (Å²) in [5.74, 6) is -0.223. The molecule has 0 aliphatic rings. The second-order valence-electron chi connectivity index (χ2n) is 6.02. The molecule has 0 heterocycles. The molecule has 1 rings (SSSR count). The monoisotopic (exact) mass is 300 g/mol. The van der Waals surface area contributed by atoms with Crippen LogP contribution in [0.1, 0.15) is 39.3 Å². The molecule has 3 N–H and O–H groups in total. The van der Waals surface area contributed by atoms with Crippen molar-refractivity contribution in [2.45, 2.75) is 46.4 Å². The van der Waals surface area contributed by atoms with Gasteiger partial charge in [-0.25, -0.2) is 0 Å². The van der Waals surface area contributed by atoms with Gasteiger partial charge in [-0.2, -0.15) is 8.78 Å². The van der Waals surface area contributed by atoms with Gasteiger partial charge in [-0.05, 0) is 30.0 Å². The van der Waals surface area contributed by atoms with Crippen LogP contribution in [-0.2, 0) is 4.79 Å². The Morgan fingerprint density at radius 2 is 1.95 bits per heavy atom. The van der Waals surface area contributed by atoms with Crippen molar-refractivity contribution in [1.29, 1.82) is 0 Å². The van der Waals surface area contributed by atoms with Crippen molar-refractivity contribution in [2.24, 2.45) is 11.1 Å². The highest BCUT2D eigenvalue weighted by molar-refractivity contribution is 5.82. The summed E-state index contributed by atoms with van der Waals surface area (Å²) in [4.78, 5) is 12.0. The fraction of sp³-hybridized carbons (Fsp3) is 0.533. The molecule has 0 fully saturated rings. The number of nitrogens with two attached hydrogens (primary N) is 1. The average Bonchev–Trinajstić information content (AvgIpc) is 2.36. The van der Waals surface area contributed by atoms with Crippen LogP contribution in [0.3, 0.4) is 0 Å². The first-order valence-corrected chi connectivity index (χ1v) is 6.72. The van der Waals surface area contributed by atoms with Crippen molar-refractivity contribution in [3.63, 3.8) is 0 Å². The van der Waals surface area contributed by atoms with Gasteiger partial charge >= 0.3 is 6.61 Å². The number of halogens is 2. The molecular formula is C15H22F2N2O2. The van der Waals surface area contributed by atoms with E-state index in [-0.39, 0.29) is 23.1 Å². The van der Waals surface area contributed by atoms with Gasteiger partial charge in [0.2, 0.25) is 5.91 Å². The van der Waals surface area contributed by atoms with Gasteiger partial charge in [0.15, 0.2) is 0 Å². The maximum absolute atomic E-state index is 12.2. The molecule has 21 heavy (non-hydrogen) atoms. The Balaban J connectivity index is 2.76. The van der Waals surface area contributed by atoms with Crippen LogP contribution in [0.15, 0.2) is 24.3 Å². The number of alkyl halides is 2. The van der Waals surface area contributed by atoms with Crippen molar-refractivity contribution >= 4 is 5.91 Å². The number of carbonyl (C=O) groups excluding carboxylic acids is 1. The van der Waals surface area contributed by atoms with Crippen molar-refractivity contribution < 1.29 is 18.3 Å². The average molecular weight is 300 g/mol. The summed E-state index contributed by atoms with van der Waals surface area (Å²) in [6, 6.07) is 5.23. The van der Waals surface area contributed by atoms with Crippen molar-refractivity contribution in [3.8, 4) is 5.75 Å². The Kier molecular flexibility index (Phi) is 5.66. The second-order valence-corrected chi connectivity index (χ2v) is 6.02. The summed E-state index contributed by atoms with van der Waals surface area (Å²) in [6.07, 6.45) is 0. The zero-order valence-electron chi connectivity index (χ0n) is 12.7. The van der Waals surface area contributed by atoms with Crippen molar-refractivity contribution in [1.82, 2.24) is 5.32 Å². The number of hydrogen-bond donors (Lipinski definition) is 2. The summed E-state index contributed by atoms with van der Waals surface area (Å²) < 4.78 is 28.7. The molecule has 0 aliphatic carbocycles. The number of carbonyl (C=O) groups is 1. The highest BCUT2D eigenvalue weighted by Gasteiger charge is 2.28. The zero-order chi connectivity index (χ0) is 16.2. The number of ether oxygens (including phenoxy) is 1. The molecule has 2 atom stereocenters. The number of rotatable bonds is 5. The van der Waals surface area contributed by atoms with Gasteiger partial charge < -0.3 is 15.8 Å². The molecule has 118 valence electrons. The largest absolute Gasteiger partial charge is 0.435 e. The molecule has 1 amide bonds. The SMILES string of the molecule is CC(NC(=O)C(N)C(C)(C)C)c1cccc(OC(F)F)c1. The highest BCUT2D eigenvalue weighted by Crippen LogP contribution is 2.22. The lowest BCUT2D eigenvalue weighted by atomic mass is 9.86. The topological polar surface area (TPSA) is 64.4 Å². The number of amides is 1. The van der Waals surface area contributed by atoms with Crippen LogP contribution in [-0.4, -0.2) is 18.6 Å². The van der Waals surface area contributed by atoms with E-state index in [1.807, 2.05) is 20.8 Å². The highest BCUT2D eigenvalue weighted by atomic mass is 19.3. The summed E-state index contributed by atoms with van der Waals surface area (Å²) >= 11 is 0. The Bertz CT molecular complexity index is 487. The van der Waals surface area contributed by atoms with E-state index in [0.29, 0.717) is 5.56 Å². The minimum atomic E-state index is -2.88. The molecule has 0 saturated heterocycles. The van der Waals surface area contributed by atoms with Crippen LogP contribution in [0.5, 0.6) is 5.75 Å². The van der Waals surface area contributed by atoms with Gasteiger partial charge in [-0.3, -0.25) is 4.79 Å². The summed E-state index contributed by atoms with van der Waals surface area (Å²) in [5, 5.41) is 2.78. The lowest BCUT2D eigenvalue weighted by Crippen LogP contribution is -2.49. The van der Waals surface area contributed by atoms with E-state index < -0.39 is 12.7 Å². The molecule has 0 saturated carbocycles. The molecule has 0 spiro atoms. The molecule has 0 radical (unpaired) electrons. The smallest absolute Gasteiger partial charge is 0.387 e. The molecule has 1 aromatic carbocycles. The lowest BCUT2D eigenvalue weighted by Gasteiger charge is -2.27. The second kappa shape index (κ2) is 6.85. The third kappa shape index (κ3) is 5.30. The summed E-state index contributed by atoms with van der Waals surface area (Å²) in [6.45, 7) is 4.51. The van der Waals surface area contributed by atoms with Crippen LogP contribution >= 0.6 is 0 Å². The standard InChI is InChI=1S/C15H22F2N2O2/c1-9(19-13(20)12(18)15(2,3)4)10-6-5-7-11(8-10)21-14(16)17/h5-9,12,14H,18H2,1-4H3,(H,19,20). The molecular weight excluding hydrogens is 278 g/mol. The zero-order valence-corrected chi connectivity index (χ0v) is 12.7. The Hall–Kier alpha value is -1.69. The van der Waals surface area contributed by atoms with E-state index in [2.05, 4.69) is 10.1 Å². The molecule has 4 nitrogen and oxygen atoms in total. The third-order valence-corrected chi connectivity index (χ3v) is 3.16. The van der Waals surface area contributed by atoms with E-state index in [4.69, 9.17) is 5.73 Å². The van der Waals surface area contributed by atoms with E-state index in [9.17, 15) is 13.6 Å². The Morgan fingerprint density at radius 3 is 2.48 bits per heavy atom. The van der Waals surface area contributed by atoms with Gasteiger partial charge in [-0.1, -0.05) is 32.9 Å². The first kappa shape index (κ1) is 17.4. The van der Waals surface area contributed by atoms with Crippen LogP contribution in [0.4, 0.5) is 8.78 Å². The van der Waals surface area contributed by atoms with Crippen LogP contribution < -0.4 is 15.8 Å². The van der Waals surface area contributed by atoms with Gasteiger partial charge in [0.25, 0.3) is 0 Å². The van der Waals surface area contributed by atoms with Crippen LogP contribution in [0.25, 0.3) is 0 Å². The van der Waals surface area contributed by atoms with Gasteiger partial charge in [0.05, 0.1) is 12.1 Å². The fourth-order valence-electron chi connectivity index (χ4n) is 1.74.